The normalized spacial score (nSPS) is 19.4. The molecular formula is C18H20N4OS2. The predicted octanol–water partition coefficient (Wildman–Crippen LogP) is 4.13. The maximum atomic E-state index is 12.7. The Labute approximate surface area is 155 Å². The third-order valence-corrected chi connectivity index (χ3v) is 6.02. The van der Waals surface area contributed by atoms with Crippen molar-refractivity contribution in [2.24, 2.45) is 0 Å². The highest BCUT2D eigenvalue weighted by Gasteiger charge is 2.36. The zero-order valence-corrected chi connectivity index (χ0v) is 15.9. The summed E-state index contributed by atoms with van der Waals surface area (Å²) in [5, 5.41) is 8.79. The molecule has 1 aromatic carbocycles. The first-order chi connectivity index (χ1) is 12.2. The zero-order chi connectivity index (χ0) is 17.4. The molecule has 0 fully saturated rings. The lowest BCUT2D eigenvalue weighted by Gasteiger charge is -2.32. The van der Waals surface area contributed by atoms with Crippen LogP contribution in [-0.2, 0) is 4.79 Å². The number of allylic oxidation sites excluding steroid dienone is 2. The molecule has 0 radical (unpaired) electrons. The maximum absolute atomic E-state index is 12.7. The van der Waals surface area contributed by atoms with Gasteiger partial charge in [-0.2, -0.15) is 4.98 Å². The monoisotopic (exact) mass is 372 g/mol. The third kappa shape index (κ3) is 3.00. The first-order valence-electron chi connectivity index (χ1n) is 8.47. The lowest BCUT2D eigenvalue weighted by Crippen LogP contribution is -2.31. The van der Waals surface area contributed by atoms with Crippen molar-refractivity contribution in [2.45, 2.75) is 42.3 Å². The molecular weight excluding hydrogens is 352 g/mol. The van der Waals surface area contributed by atoms with Crippen molar-refractivity contribution in [3.05, 3.63) is 41.1 Å². The summed E-state index contributed by atoms with van der Waals surface area (Å²) in [6, 6.07) is 8.23. The Kier molecular flexibility index (Phi) is 4.60. The second-order valence-corrected chi connectivity index (χ2v) is 8.18. The molecule has 4 rings (SSSR count). The van der Waals surface area contributed by atoms with Crippen LogP contribution in [0.1, 0.15) is 37.8 Å². The fourth-order valence-electron chi connectivity index (χ4n) is 3.42. The Morgan fingerprint density at radius 1 is 1.28 bits per heavy atom. The number of rotatable bonds is 4. The maximum Gasteiger partial charge on any atom is 0.227 e. The Morgan fingerprint density at radius 3 is 2.80 bits per heavy atom. The molecule has 25 heavy (non-hydrogen) atoms. The lowest BCUT2D eigenvalue weighted by molar-refractivity contribution is -0.116. The Hall–Kier alpha value is -1.73. The van der Waals surface area contributed by atoms with Crippen LogP contribution in [0.15, 0.2) is 45.6 Å². The zero-order valence-electron chi connectivity index (χ0n) is 14.3. The largest absolute Gasteiger partial charge is 0.328 e. The summed E-state index contributed by atoms with van der Waals surface area (Å²) >= 11 is 3.33. The van der Waals surface area contributed by atoms with Crippen LogP contribution in [0.25, 0.3) is 0 Å². The molecule has 0 saturated heterocycles. The van der Waals surface area contributed by atoms with Crippen LogP contribution in [0, 0.1) is 0 Å². The van der Waals surface area contributed by atoms with E-state index < -0.39 is 0 Å². The molecule has 1 aromatic heterocycles. The quantitative estimate of drug-likeness (QED) is 0.814. The van der Waals surface area contributed by atoms with Crippen molar-refractivity contribution in [3.8, 4) is 0 Å². The number of ketones is 1. The van der Waals surface area contributed by atoms with Gasteiger partial charge in [0.25, 0.3) is 0 Å². The van der Waals surface area contributed by atoms with Gasteiger partial charge in [-0.15, -0.1) is 16.9 Å². The molecule has 2 heterocycles. The number of thioether (sulfide) groups is 2. The summed E-state index contributed by atoms with van der Waals surface area (Å²) in [6.07, 6.45) is 4.46. The third-order valence-electron chi connectivity index (χ3n) is 4.55. The van der Waals surface area contributed by atoms with E-state index in [1.54, 1.807) is 23.5 Å². The Morgan fingerprint density at radius 2 is 2.08 bits per heavy atom. The number of anilines is 1. The van der Waals surface area contributed by atoms with Gasteiger partial charge in [-0.1, -0.05) is 30.8 Å². The molecule has 1 aliphatic carbocycles. The van der Waals surface area contributed by atoms with Crippen LogP contribution in [-0.4, -0.2) is 32.6 Å². The summed E-state index contributed by atoms with van der Waals surface area (Å²) < 4.78 is 1.88. The van der Waals surface area contributed by atoms with Gasteiger partial charge in [-0.25, -0.2) is 4.68 Å². The lowest BCUT2D eigenvalue weighted by atomic mass is 9.85. The molecule has 0 amide bonds. The van der Waals surface area contributed by atoms with Crippen molar-refractivity contribution in [3.63, 3.8) is 0 Å². The van der Waals surface area contributed by atoms with E-state index >= 15 is 0 Å². The van der Waals surface area contributed by atoms with Gasteiger partial charge in [-0.3, -0.25) is 4.79 Å². The van der Waals surface area contributed by atoms with Gasteiger partial charge in [0.15, 0.2) is 5.78 Å². The van der Waals surface area contributed by atoms with Gasteiger partial charge in [0.1, 0.15) is 6.04 Å². The van der Waals surface area contributed by atoms with E-state index in [1.165, 1.54) is 4.90 Å². The number of carbonyl (C=O) groups excluding carboxylic acids is 1. The number of benzene rings is 1. The van der Waals surface area contributed by atoms with E-state index in [0.29, 0.717) is 6.42 Å². The van der Waals surface area contributed by atoms with Gasteiger partial charge in [0, 0.05) is 22.6 Å². The minimum absolute atomic E-state index is 0.186. The number of aromatic nitrogens is 3. The van der Waals surface area contributed by atoms with E-state index in [2.05, 4.69) is 52.8 Å². The van der Waals surface area contributed by atoms with Crippen LogP contribution in [0.4, 0.5) is 5.95 Å². The number of fused-ring (bicyclic) bond motifs is 1. The van der Waals surface area contributed by atoms with Crippen LogP contribution in [0.2, 0.25) is 0 Å². The summed E-state index contributed by atoms with van der Waals surface area (Å²) in [6.45, 7) is 2.09. The average molecular weight is 373 g/mol. The summed E-state index contributed by atoms with van der Waals surface area (Å²) in [4.78, 5) is 18.5. The summed E-state index contributed by atoms with van der Waals surface area (Å²) in [5.74, 6) is 1.88. The van der Waals surface area contributed by atoms with Crippen LogP contribution in [0.5, 0.6) is 0 Å². The molecule has 1 N–H and O–H groups in total. The highest BCUT2D eigenvalue weighted by molar-refractivity contribution is 7.99. The van der Waals surface area contributed by atoms with Gasteiger partial charge in [0.2, 0.25) is 11.1 Å². The second-order valence-electron chi connectivity index (χ2n) is 6.07. The van der Waals surface area contributed by atoms with E-state index in [0.717, 1.165) is 46.5 Å². The summed E-state index contributed by atoms with van der Waals surface area (Å²) in [7, 11) is 0. The number of Topliss-reactive ketones (excluding diaryl/α,β-unsaturated/α-hetero) is 1. The van der Waals surface area contributed by atoms with E-state index in [4.69, 9.17) is 0 Å². The first-order valence-corrected chi connectivity index (χ1v) is 10.7. The van der Waals surface area contributed by atoms with Crippen molar-refractivity contribution >= 4 is 35.3 Å². The molecule has 0 bridgehead atoms. The fraction of sp³-hybridized carbons (Fsp3) is 0.389. The van der Waals surface area contributed by atoms with Gasteiger partial charge < -0.3 is 5.32 Å². The van der Waals surface area contributed by atoms with Crippen LogP contribution >= 0.6 is 23.5 Å². The first kappa shape index (κ1) is 16.7. The van der Waals surface area contributed by atoms with Crippen molar-refractivity contribution in [2.75, 3.05) is 17.3 Å². The number of hydrogen-bond acceptors (Lipinski definition) is 6. The number of nitrogens with zero attached hydrogens (tertiary/aromatic N) is 3. The average Bonchev–Trinajstić information content (AvgIpc) is 3.02. The van der Waals surface area contributed by atoms with Crippen molar-refractivity contribution < 1.29 is 4.79 Å². The Balaban J connectivity index is 1.84. The minimum atomic E-state index is -0.186. The second kappa shape index (κ2) is 6.88. The predicted molar refractivity (Wildman–Crippen MR) is 102 cm³/mol. The number of carbonyl (C=O) groups is 1. The van der Waals surface area contributed by atoms with E-state index in [9.17, 15) is 4.79 Å². The number of hydrogen-bond donors (Lipinski definition) is 1. The molecule has 1 aliphatic heterocycles. The molecule has 0 spiro atoms. The Bertz CT molecular complexity index is 841. The molecule has 2 aliphatic rings. The smallest absolute Gasteiger partial charge is 0.227 e. The van der Waals surface area contributed by atoms with Gasteiger partial charge in [0.05, 0.1) is 0 Å². The minimum Gasteiger partial charge on any atom is -0.328 e. The SMILES string of the molecule is CCSc1nc2n(n1)[C@H](c1ccc(SC)cc1)C1=C(CCCC1=O)N2. The fourth-order valence-corrected chi connectivity index (χ4v) is 4.38. The van der Waals surface area contributed by atoms with Gasteiger partial charge in [-0.05, 0) is 42.5 Å². The van der Waals surface area contributed by atoms with Crippen LogP contribution < -0.4 is 5.32 Å². The molecule has 1 atom stereocenters. The van der Waals surface area contributed by atoms with E-state index in [-0.39, 0.29) is 11.8 Å². The molecule has 130 valence electrons. The van der Waals surface area contributed by atoms with E-state index in [1.807, 2.05) is 4.68 Å². The molecule has 7 heteroatoms. The van der Waals surface area contributed by atoms with Crippen molar-refractivity contribution in [1.82, 2.24) is 14.8 Å². The van der Waals surface area contributed by atoms with Crippen molar-refractivity contribution in [1.29, 1.82) is 0 Å². The van der Waals surface area contributed by atoms with Gasteiger partial charge >= 0.3 is 0 Å². The highest BCUT2D eigenvalue weighted by Crippen LogP contribution is 2.40. The molecule has 0 saturated carbocycles. The standard InChI is InChI=1S/C18H20N4OS2/c1-3-25-18-20-17-19-13-5-4-6-14(23)15(13)16(22(17)21-18)11-7-9-12(24-2)10-8-11/h7-10,16H,3-6H2,1-2H3,(H,19,20,21)/t16-/m1/s1. The molecule has 0 unspecified atom stereocenters. The molecule has 5 nitrogen and oxygen atoms in total. The number of nitrogens with one attached hydrogen (secondary N) is 1. The molecule has 2 aromatic rings. The highest BCUT2D eigenvalue weighted by atomic mass is 32.2. The summed E-state index contributed by atoms with van der Waals surface area (Å²) in [5.41, 5.74) is 2.96. The topological polar surface area (TPSA) is 59.8 Å². The van der Waals surface area contributed by atoms with Crippen LogP contribution in [0.3, 0.4) is 0 Å².